The zero-order valence-corrected chi connectivity index (χ0v) is 14.9. The Morgan fingerprint density at radius 2 is 1.64 bits per heavy atom. The van der Waals surface area contributed by atoms with Crippen molar-refractivity contribution in [2.75, 3.05) is 6.54 Å². The van der Waals surface area contributed by atoms with Crippen molar-refractivity contribution in [1.82, 2.24) is 4.31 Å². The van der Waals surface area contributed by atoms with Crippen LogP contribution in [0.3, 0.4) is 0 Å². The Labute approximate surface area is 148 Å². The molecule has 0 unspecified atom stereocenters. The predicted octanol–water partition coefficient (Wildman–Crippen LogP) is 4.02. The molecule has 25 heavy (non-hydrogen) atoms. The standard InChI is InChI=1S/C20H21NO3S/c1-17-9-11-20(12-10-17)25(22,23)21(16-19-8-5-15-24-19)14-13-18-6-3-2-4-7-18/h2-12,15H,13-14,16H2,1H3. The van der Waals surface area contributed by atoms with E-state index in [1.165, 1.54) is 4.31 Å². The van der Waals surface area contributed by atoms with Gasteiger partial charge in [-0.1, -0.05) is 48.0 Å². The molecule has 0 saturated heterocycles. The minimum Gasteiger partial charge on any atom is -0.468 e. The van der Waals surface area contributed by atoms with Gasteiger partial charge in [-0.3, -0.25) is 0 Å². The molecule has 130 valence electrons. The molecule has 1 aromatic heterocycles. The van der Waals surface area contributed by atoms with Gasteiger partial charge in [0.1, 0.15) is 5.76 Å². The smallest absolute Gasteiger partial charge is 0.243 e. The molecule has 0 N–H and O–H groups in total. The van der Waals surface area contributed by atoms with Crippen molar-refractivity contribution in [2.45, 2.75) is 24.8 Å². The molecule has 0 amide bonds. The third-order valence-electron chi connectivity index (χ3n) is 4.06. The molecule has 0 spiro atoms. The third-order valence-corrected chi connectivity index (χ3v) is 5.92. The summed E-state index contributed by atoms with van der Waals surface area (Å²) in [6, 6.07) is 20.4. The van der Waals surface area contributed by atoms with Crippen molar-refractivity contribution in [2.24, 2.45) is 0 Å². The van der Waals surface area contributed by atoms with Gasteiger partial charge in [-0.15, -0.1) is 0 Å². The second kappa shape index (κ2) is 7.68. The average molecular weight is 355 g/mol. The fraction of sp³-hybridized carbons (Fsp3) is 0.200. The molecule has 0 fully saturated rings. The van der Waals surface area contributed by atoms with E-state index in [-0.39, 0.29) is 6.54 Å². The summed E-state index contributed by atoms with van der Waals surface area (Å²) >= 11 is 0. The summed E-state index contributed by atoms with van der Waals surface area (Å²) in [6.07, 6.45) is 2.20. The van der Waals surface area contributed by atoms with Crippen molar-refractivity contribution in [3.8, 4) is 0 Å². The highest BCUT2D eigenvalue weighted by Crippen LogP contribution is 2.20. The van der Waals surface area contributed by atoms with E-state index < -0.39 is 10.0 Å². The summed E-state index contributed by atoms with van der Waals surface area (Å²) in [4.78, 5) is 0.303. The van der Waals surface area contributed by atoms with Crippen molar-refractivity contribution >= 4 is 10.0 Å². The van der Waals surface area contributed by atoms with Crippen molar-refractivity contribution in [3.05, 3.63) is 89.9 Å². The van der Waals surface area contributed by atoms with Gasteiger partial charge in [0.05, 0.1) is 17.7 Å². The Kier molecular flexibility index (Phi) is 5.36. The van der Waals surface area contributed by atoms with E-state index in [4.69, 9.17) is 4.42 Å². The van der Waals surface area contributed by atoms with Crippen LogP contribution in [0.25, 0.3) is 0 Å². The number of hydrogen-bond donors (Lipinski definition) is 0. The molecular weight excluding hydrogens is 334 g/mol. The van der Waals surface area contributed by atoms with E-state index in [0.717, 1.165) is 11.1 Å². The molecule has 5 heteroatoms. The Hall–Kier alpha value is -2.37. The largest absolute Gasteiger partial charge is 0.468 e. The normalized spacial score (nSPS) is 11.8. The highest BCUT2D eigenvalue weighted by Gasteiger charge is 2.25. The predicted molar refractivity (Wildman–Crippen MR) is 97.6 cm³/mol. The maximum Gasteiger partial charge on any atom is 0.243 e. The first-order valence-electron chi connectivity index (χ1n) is 8.19. The lowest BCUT2D eigenvalue weighted by molar-refractivity contribution is 0.366. The van der Waals surface area contributed by atoms with Crippen LogP contribution in [-0.4, -0.2) is 19.3 Å². The first-order chi connectivity index (χ1) is 12.1. The Morgan fingerprint density at radius 3 is 2.28 bits per heavy atom. The van der Waals surface area contributed by atoms with Crippen LogP contribution in [0.1, 0.15) is 16.9 Å². The number of rotatable bonds is 7. The number of nitrogens with zero attached hydrogens (tertiary/aromatic N) is 1. The lowest BCUT2D eigenvalue weighted by Crippen LogP contribution is -2.32. The van der Waals surface area contributed by atoms with E-state index in [1.807, 2.05) is 49.4 Å². The molecule has 3 aromatic rings. The highest BCUT2D eigenvalue weighted by atomic mass is 32.2. The molecule has 0 aliphatic heterocycles. The Balaban J connectivity index is 1.85. The van der Waals surface area contributed by atoms with Gasteiger partial charge in [-0.2, -0.15) is 4.31 Å². The van der Waals surface area contributed by atoms with Gasteiger partial charge < -0.3 is 4.42 Å². The molecule has 4 nitrogen and oxygen atoms in total. The Morgan fingerprint density at radius 1 is 0.920 bits per heavy atom. The SMILES string of the molecule is Cc1ccc(S(=O)(=O)N(CCc2ccccc2)Cc2ccco2)cc1. The number of sulfonamides is 1. The molecule has 0 bridgehead atoms. The molecule has 0 aliphatic rings. The quantitative estimate of drug-likeness (QED) is 0.643. The van der Waals surface area contributed by atoms with Crippen LogP contribution in [0.15, 0.2) is 82.3 Å². The molecular formula is C20H21NO3S. The number of furan rings is 1. The van der Waals surface area contributed by atoms with Gasteiger partial charge in [0.15, 0.2) is 0 Å². The minimum absolute atomic E-state index is 0.218. The van der Waals surface area contributed by atoms with E-state index >= 15 is 0 Å². The van der Waals surface area contributed by atoms with Gasteiger partial charge in [0.25, 0.3) is 0 Å². The zero-order chi connectivity index (χ0) is 17.7. The summed E-state index contributed by atoms with van der Waals surface area (Å²) in [7, 11) is -3.59. The van der Waals surface area contributed by atoms with Gasteiger partial charge in [0, 0.05) is 6.54 Å². The first-order valence-corrected chi connectivity index (χ1v) is 9.63. The summed E-state index contributed by atoms with van der Waals surface area (Å²) in [5.74, 6) is 0.628. The van der Waals surface area contributed by atoms with Crippen LogP contribution in [0.2, 0.25) is 0 Å². The van der Waals surface area contributed by atoms with Crippen LogP contribution >= 0.6 is 0 Å². The monoisotopic (exact) mass is 355 g/mol. The molecule has 0 radical (unpaired) electrons. The van der Waals surface area contributed by atoms with Crippen LogP contribution in [0.5, 0.6) is 0 Å². The first kappa shape index (κ1) is 17.5. The molecule has 0 atom stereocenters. The summed E-state index contributed by atoms with van der Waals surface area (Å²) in [5.41, 5.74) is 2.13. The van der Waals surface area contributed by atoms with Gasteiger partial charge in [0.2, 0.25) is 10.0 Å². The van der Waals surface area contributed by atoms with Crippen LogP contribution < -0.4 is 0 Å². The zero-order valence-electron chi connectivity index (χ0n) is 14.1. The summed E-state index contributed by atoms with van der Waals surface area (Å²) in [6.45, 7) is 2.55. The van der Waals surface area contributed by atoms with Gasteiger partial charge in [-0.25, -0.2) is 8.42 Å². The lowest BCUT2D eigenvalue weighted by atomic mass is 10.1. The maximum atomic E-state index is 13.1. The van der Waals surface area contributed by atoms with Crippen LogP contribution in [-0.2, 0) is 23.0 Å². The molecule has 3 rings (SSSR count). The van der Waals surface area contributed by atoms with Crippen LogP contribution in [0, 0.1) is 6.92 Å². The topological polar surface area (TPSA) is 50.5 Å². The summed E-state index contributed by atoms with van der Waals surface area (Å²) in [5, 5.41) is 0. The van der Waals surface area contributed by atoms with Crippen molar-refractivity contribution < 1.29 is 12.8 Å². The fourth-order valence-electron chi connectivity index (χ4n) is 2.62. The van der Waals surface area contributed by atoms with E-state index in [9.17, 15) is 8.42 Å². The maximum absolute atomic E-state index is 13.1. The van der Waals surface area contributed by atoms with E-state index in [1.54, 1.807) is 30.5 Å². The summed E-state index contributed by atoms with van der Waals surface area (Å²) < 4.78 is 33.0. The van der Waals surface area contributed by atoms with E-state index in [0.29, 0.717) is 23.6 Å². The third kappa shape index (κ3) is 4.38. The van der Waals surface area contributed by atoms with Gasteiger partial charge >= 0.3 is 0 Å². The fourth-order valence-corrected chi connectivity index (χ4v) is 4.03. The molecule has 2 aromatic carbocycles. The molecule has 0 aliphatic carbocycles. The second-order valence-electron chi connectivity index (χ2n) is 5.97. The highest BCUT2D eigenvalue weighted by molar-refractivity contribution is 7.89. The molecule has 0 saturated carbocycles. The van der Waals surface area contributed by atoms with Gasteiger partial charge in [-0.05, 0) is 43.2 Å². The van der Waals surface area contributed by atoms with Crippen molar-refractivity contribution in [1.29, 1.82) is 0 Å². The van der Waals surface area contributed by atoms with E-state index in [2.05, 4.69) is 0 Å². The molecule has 1 heterocycles. The van der Waals surface area contributed by atoms with Crippen molar-refractivity contribution in [3.63, 3.8) is 0 Å². The number of hydrogen-bond acceptors (Lipinski definition) is 3. The Bertz CT molecular complexity index is 886. The second-order valence-corrected chi connectivity index (χ2v) is 7.90. The minimum atomic E-state index is -3.59. The number of aryl methyl sites for hydroxylation is 1. The number of benzene rings is 2. The average Bonchev–Trinajstić information content (AvgIpc) is 3.13. The van der Waals surface area contributed by atoms with Crippen LogP contribution in [0.4, 0.5) is 0 Å². The lowest BCUT2D eigenvalue weighted by Gasteiger charge is -2.21.